The van der Waals surface area contributed by atoms with Crippen molar-refractivity contribution in [3.63, 3.8) is 0 Å². The number of aryl methyl sites for hydroxylation is 2. The Bertz CT molecular complexity index is 1540. The smallest absolute Gasteiger partial charge is 0.339 e. The second-order valence-electron chi connectivity index (χ2n) is 9.36. The van der Waals surface area contributed by atoms with Gasteiger partial charge in [-0.25, -0.2) is 4.79 Å². The summed E-state index contributed by atoms with van der Waals surface area (Å²) in [6, 6.07) is 30.0. The molecular formula is C31H32N2O7S. The number of nitrogens with zero attached hydrogens (tertiary/aromatic N) is 2. The van der Waals surface area contributed by atoms with Gasteiger partial charge in [0.25, 0.3) is 15.8 Å². The van der Waals surface area contributed by atoms with Crippen LogP contribution in [0, 0.1) is 24.0 Å². The monoisotopic (exact) mass is 576 g/mol. The number of non-ortho nitro benzene ring substituents is 1. The van der Waals surface area contributed by atoms with E-state index in [0.717, 1.165) is 18.2 Å². The molecule has 1 unspecified atom stereocenters. The average molecular weight is 577 g/mol. The van der Waals surface area contributed by atoms with E-state index in [2.05, 4.69) is 55.1 Å². The minimum atomic E-state index is -4.36. The third-order valence-electron chi connectivity index (χ3n) is 6.40. The molecule has 41 heavy (non-hydrogen) atoms. The maximum Gasteiger partial charge on any atom is 0.339 e. The van der Waals surface area contributed by atoms with Gasteiger partial charge in [0.2, 0.25) is 0 Å². The quantitative estimate of drug-likeness (QED) is 0.0803. The predicted molar refractivity (Wildman–Crippen MR) is 156 cm³/mol. The van der Waals surface area contributed by atoms with Crippen molar-refractivity contribution in [2.24, 2.45) is 0 Å². The minimum absolute atomic E-state index is 0.298. The Morgan fingerprint density at radius 1 is 0.854 bits per heavy atom. The molecule has 1 atom stereocenters. The molecule has 0 amide bonds. The lowest BCUT2D eigenvalue weighted by molar-refractivity contribution is -0.385. The van der Waals surface area contributed by atoms with Gasteiger partial charge in [0.1, 0.15) is 4.90 Å². The number of nitro groups is 1. The zero-order valence-corrected chi connectivity index (χ0v) is 23.8. The Morgan fingerprint density at radius 2 is 1.37 bits per heavy atom. The largest absolute Gasteiger partial charge is 0.443 e. The molecule has 0 aromatic heterocycles. The van der Waals surface area contributed by atoms with Gasteiger partial charge in [-0.15, -0.1) is 0 Å². The molecule has 0 bridgehead atoms. The lowest BCUT2D eigenvalue weighted by atomic mass is 10.1. The maximum absolute atomic E-state index is 12.5. The molecule has 9 nitrogen and oxygen atoms in total. The molecule has 0 aliphatic heterocycles. The standard InChI is InChI=1S/C25H27NO2.C6H5NO5S/c1-19-11-7-9-15-23(19)17-26(18-24-16-10-8-12-20(24)2)21(3)28-25(27)22-13-5-4-6-14-22;8-7(9)5-2-1-3-6(4-5)13(10,11)12/h4-16,21H,17-18H2,1-3H3;1-4H,(H,10,11,12). The lowest BCUT2D eigenvalue weighted by Crippen LogP contribution is -2.36. The van der Waals surface area contributed by atoms with Gasteiger partial charge < -0.3 is 4.74 Å². The molecule has 214 valence electrons. The lowest BCUT2D eigenvalue weighted by Gasteiger charge is -2.30. The summed E-state index contributed by atoms with van der Waals surface area (Å²) in [4.78, 5) is 23.7. The second kappa shape index (κ2) is 14.3. The first-order chi connectivity index (χ1) is 19.5. The Hall–Kier alpha value is -4.38. The van der Waals surface area contributed by atoms with Crippen molar-refractivity contribution >= 4 is 21.8 Å². The highest BCUT2D eigenvalue weighted by Gasteiger charge is 2.21. The summed E-state index contributed by atoms with van der Waals surface area (Å²) in [6.45, 7) is 7.59. The highest BCUT2D eigenvalue weighted by Crippen LogP contribution is 2.20. The van der Waals surface area contributed by atoms with E-state index < -0.39 is 19.9 Å². The fourth-order valence-electron chi connectivity index (χ4n) is 3.95. The van der Waals surface area contributed by atoms with Crippen LogP contribution in [0.25, 0.3) is 0 Å². The summed E-state index contributed by atoms with van der Waals surface area (Å²) in [6.07, 6.45) is -0.355. The third kappa shape index (κ3) is 9.35. The molecule has 4 aromatic carbocycles. The Balaban J connectivity index is 0.000000298. The number of hydrogen-bond donors (Lipinski definition) is 1. The summed E-state index contributed by atoms with van der Waals surface area (Å²) < 4.78 is 35.4. The van der Waals surface area contributed by atoms with E-state index in [0.29, 0.717) is 18.7 Å². The minimum Gasteiger partial charge on any atom is -0.443 e. The van der Waals surface area contributed by atoms with Gasteiger partial charge in [0.15, 0.2) is 6.23 Å². The topological polar surface area (TPSA) is 127 Å². The summed E-state index contributed by atoms with van der Waals surface area (Å²) in [5.41, 5.74) is 5.13. The number of nitro benzene ring substituents is 1. The van der Waals surface area contributed by atoms with Gasteiger partial charge in [-0.2, -0.15) is 8.42 Å². The van der Waals surface area contributed by atoms with Crippen LogP contribution in [0.4, 0.5) is 5.69 Å². The van der Waals surface area contributed by atoms with Crippen LogP contribution < -0.4 is 0 Å². The van der Waals surface area contributed by atoms with E-state index in [1.165, 1.54) is 28.3 Å². The molecule has 0 saturated carbocycles. The molecule has 0 aliphatic rings. The molecule has 4 aromatic rings. The van der Waals surface area contributed by atoms with Gasteiger partial charge in [-0.05, 0) is 61.2 Å². The van der Waals surface area contributed by atoms with E-state index in [1.807, 2.05) is 37.3 Å². The summed E-state index contributed by atoms with van der Waals surface area (Å²) >= 11 is 0. The molecule has 0 heterocycles. The van der Waals surface area contributed by atoms with Crippen LogP contribution in [-0.2, 0) is 27.9 Å². The van der Waals surface area contributed by atoms with Crippen molar-refractivity contribution in [2.75, 3.05) is 0 Å². The van der Waals surface area contributed by atoms with Gasteiger partial charge in [-0.1, -0.05) is 72.8 Å². The first kappa shape index (κ1) is 31.2. The van der Waals surface area contributed by atoms with Crippen molar-refractivity contribution in [3.05, 3.63) is 141 Å². The van der Waals surface area contributed by atoms with Crippen molar-refractivity contribution in [3.8, 4) is 0 Å². The SMILES string of the molecule is Cc1ccccc1CN(Cc1ccccc1C)C(C)OC(=O)c1ccccc1.O=[N+]([O-])c1cccc(S(=O)(=O)O)c1. The number of hydrogen-bond acceptors (Lipinski definition) is 7. The summed E-state index contributed by atoms with van der Waals surface area (Å²) in [5.74, 6) is -0.298. The van der Waals surface area contributed by atoms with Crippen molar-refractivity contribution in [2.45, 2.75) is 45.0 Å². The molecule has 0 spiro atoms. The van der Waals surface area contributed by atoms with E-state index in [1.54, 1.807) is 12.1 Å². The predicted octanol–water partition coefficient (Wildman–Crippen LogP) is 6.35. The van der Waals surface area contributed by atoms with Gasteiger partial charge in [-0.3, -0.25) is 19.6 Å². The normalized spacial score (nSPS) is 11.7. The summed E-state index contributed by atoms with van der Waals surface area (Å²) in [5, 5.41) is 10.2. The number of esters is 1. The Morgan fingerprint density at radius 3 is 1.85 bits per heavy atom. The fraction of sp³-hybridized carbons (Fsp3) is 0.194. The third-order valence-corrected chi connectivity index (χ3v) is 7.25. The Kier molecular flexibility index (Phi) is 10.9. The second-order valence-corrected chi connectivity index (χ2v) is 10.8. The van der Waals surface area contributed by atoms with Crippen LogP contribution in [0.15, 0.2) is 108 Å². The van der Waals surface area contributed by atoms with Crippen LogP contribution in [0.1, 0.15) is 39.5 Å². The number of benzene rings is 4. The molecular weight excluding hydrogens is 544 g/mol. The zero-order chi connectivity index (χ0) is 30.0. The number of carbonyl (C=O) groups excluding carboxylic acids is 1. The van der Waals surface area contributed by atoms with Crippen LogP contribution in [0.2, 0.25) is 0 Å². The van der Waals surface area contributed by atoms with E-state index in [9.17, 15) is 23.3 Å². The highest BCUT2D eigenvalue weighted by molar-refractivity contribution is 7.85. The molecule has 0 aliphatic carbocycles. The molecule has 1 N–H and O–H groups in total. The molecule has 0 radical (unpaired) electrons. The van der Waals surface area contributed by atoms with E-state index >= 15 is 0 Å². The van der Waals surface area contributed by atoms with E-state index in [-0.39, 0.29) is 17.9 Å². The summed E-state index contributed by atoms with van der Waals surface area (Å²) in [7, 11) is -4.36. The van der Waals surface area contributed by atoms with Crippen LogP contribution in [0.3, 0.4) is 0 Å². The van der Waals surface area contributed by atoms with Gasteiger partial charge >= 0.3 is 5.97 Å². The molecule has 0 saturated heterocycles. The Labute approximate surface area is 239 Å². The fourth-order valence-corrected chi connectivity index (χ4v) is 4.48. The van der Waals surface area contributed by atoms with Crippen LogP contribution in [-0.4, -0.2) is 35.0 Å². The van der Waals surface area contributed by atoms with Crippen molar-refractivity contribution < 1.29 is 27.4 Å². The zero-order valence-electron chi connectivity index (χ0n) is 23.0. The molecule has 10 heteroatoms. The van der Waals surface area contributed by atoms with Crippen LogP contribution >= 0.6 is 0 Å². The number of rotatable bonds is 9. The van der Waals surface area contributed by atoms with Gasteiger partial charge in [0, 0.05) is 25.2 Å². The first-order valence-electron chi connectivity index (χ1n) is 12.8. The molecule has 4 rings (SSSR count). The van der Waals surface area contributed by atoms with Crippen molar-refractivity contribution in [1.29, 1.82) is 0 Å². The number of ether oxygens (including phenoxy) is 1. The highest BCUT2D eigenvalue weighted by atomic mass is 32.2. The molecule has 0 fully saturated rings. The van der Waals surface area contributed by atoms with Gasteiger partial charge in [0.05, 0.1) is 10.5 Å². The first-order valence-corrected chi connectivity index (χ1v) is 14.2. The number of carbonyl (C=O) groups is 1. The van der Waals surface area contributed by atoms with Crippen LogP contribution in [0.5, 0.6) is 0 Å². The average Bonchev–Trinajstić information content (AvgIpc) is 2.95. The van der Waals surface area contributed by atoms with Crippen molar-refractivity contribution in [1.82, 2.24) is 4.90 Å². The maximum atomic E-state index is 12.5. The van der Waals surface area contributed by atoms with E-state index in [4.69, 9.17) is 9.29 Å².